The second kappa shape index (κ2) is 8.98. The minimum absolute atomic E-state index is 0.139. The van der Waals surface area contributed by atoms with Gasteiger partial charge in [-0.05, 0) is 37.8 Å². The summed E-state index contributed by atoms with van der Waals surface area (Å²) in [6, 6.07) is 4.04. The van der Waals surface area contributed by atoms with Crippen LogP contribution in [0, 0.1) is 0 Å². The number of morpholine rings is 1. The Morgan fingerprint density at radius 2 is 1.97 bits per heavy atom. The van der Waals surface area contributed by atoms with Gasteiger partial charge in [0.25, 0.3) is 5.92 Å². The lowest BCUT2D eigenvalue weighted by Gasteiger charge is -2.53. The maximum Gasteiger partial charge on any atom is 0.387 e. The zero-order chi connectivity index (χ0) is 25.0. The average molecular weight is 509 g/mol. The molecule has 0 amide bonds. The van der Waals surface area contributed by atoms with Crippen LogP contribution in [0.25, 0.3) is 11.3 Å². The molecule has 5 fully saturated rings. The highest BCUT2D eigenvalue weighted by atomic mass is 19.3. The van der Waals surface area contributed by atoms with Crippen LogP contribution in [0.4, 0.5) is 29.3 Å². The molecule has 1 aliphatic carbocycles. The third-order valence-corrected chi connectivity index (χ3v) is 7.81. The van der Waals surface area contributed by atoms with Crippen LogP contribution in [0.3, 0.4) is 0 Å². The van der Waals surface area contributed by atoms with Gasteiger partial charge in [0.1, 0.15) is 0 Å². The number of piperidine rings is 1. The highest BCUT2D eigenvalue weighted by Gasteiger charge is 2.44. The Morgan fingerprint density at radius 1 is 1.14 bits per heavy atom. The molecule has 36 heavy (non-hydrogen) atoms. The number of alkyl halides is 4. The zero-order valence-electron chi connectivity index (χ0n) is 19.6. The summed E-state index contributed by atoms with van der Waals surface area (Å²) in [7, 11) is 0. The van der Waals surface area contributed by atoms with Crippen molar-refractivity contribution < 1.29 is 27.0 Å². The van der Waals surface area contributed by atoms with Crippen LogP contribution >= 0.6 is 0 Å². The Morgan fingerprint density at radius 3 is 2.61 bits per heavy atom. The van der Waals surface area contributed by atoms with Crippen LogP contribution in [0.2, 0.25) is 0 Å². The number of pyridine rings is 1. The molecule has 12 heteroatoms. The highest BCUT2D eigenvalue weighted by Crippen LogP contribution is 2.44. The maximum atomic E-state index is 14.0. The van der Waals surface area contributed by atoms with Crippen molar-refractivity contribution in [3.05, 3.63) is 24.0 Å². The average Bonchev–Trinajstić information content (AvgIpc) is 3.20. The van der Waals surface area contributed by atoms with E-state index in [0.717, 1.165) is 44.5 Å². The molecular weight excluding hydrogens is 480 g/mol. The van der Waals surface area contributed by atoms with Crippen molar-refractivity contribution in [3.63, 3.8) is 0 Å². The number of nitrogens with two attached hydrogens (primary N) is 1. The number of halogens is 4. The number of rotatable bonds is 6. The normalized spacial score (nSPS) is 29.5. The molecule has 2 aromatic rings. The molecule has 4 saturated heterocycles. The zero-order valence-corrected chi connectivity index (χ0v) is 19.6. The number of fused-ring (bicyclic) bond motifs is 3. The summed E-state index contributed by atoms with van der Waals surface area (Å²) in [6.07, 6.45) is 5.55. The van der Waals surface area contributed by atoms with E-state index in [1.807, 2.05) is 0 Å². The van der Waals surface area contributed by atoms with Crippen LogP contribution < -0.4 is 15.4 Å². The molecule has 2 N–H and O–H groups in total. The molecule has 7 rings (SSSR count). The smallest absolute Gasteiger partial charge is 0.387 e. The molecular formula is C24H28F4N6O2. The second-order valence-electron chi connectivity index (χ2n) is 10.2. The summed E-state index contributed by atoms with van der Waals surface area (Å²) in [6.45, 7) is -1.64. The van der Waals surface area contributed by atoms with E-state index in [4.69, 9.17) is 10.5 Å². The summed E-state index contributed by atoms with van der Waals surface area (Å²) in [5.74, 6) is -2.88. The number of aromatic nitrogens is 3. The van der Waals surface area contributed by atoms with Crippen molar-refractivity contribution in [1.29, 1.82) is 0 Å². The first-order valence-corrected chi connectivity index (χ1v) is 12.3. The van der Waals surface area contributed by atoms with Gasteiger partial charge in [0.15, 0.2) is 11.6 Å². The minimum Gasteiger partial charge on any atom is -0.431 e. The molecule has 1 saturated carbocycles. The van der Waals surface area contributed by atoms with E-state index < -0.39 is 19.1 Å². The first-order valence-electron chi connectivity index (χ1n) is 12.3. The lowest BCUT2D eigenvalue weighted by molar-refractivity contribution is -0.131. The second-order valence-corrected chi connectivity index (χ2v) is 10.2. The number of ether oxygens (including phenoxy) is 2. The summed E-state index contributed by atoms with van der Waals surface area (Å²) >= 11 is 0. The maximum absolute atomic E-state index is 14.0. The molecule has 8 nitrogen and oxygen atoms in total. The van der Waals surface area contributed by atoms with Gasteiger partial charge < -0.3 is 20.1 Å². The van der Waals surface area contributed by atoms with Crippen molar-refractivity contribution in [1.82, 2.24) is 19.9 Å². The molecule has 5 aliphatic rings. The van der Waals surface area contributed by atoms with Crippen molar-refractivity contribution in [2.75, 3.05) is 36.9 Å². The number of hydrogen-bond donors (Lipinski definition) is 1. The van der Waals surface area contributed by atoms with Crippen LogP contribution in [-0.2, 0) is 4.74 Å². The fraction of sp³-hybridized carbons (Fsp3) is 0.625. The van der Waals surface area contributed by atoms with Gasteiger partial charge in [-0.15, -0.1) is 0 Å². The molecule has 0 unspecified atom stereocenters. The van der Waals surface area contributed by atoms with E-state index in [-0.39, 0.29) is 36.4 Å². The van der Waals surface area contributed by atoms with Crippen LogP contribution in [0.15, 0.2) is 18.3 Å². The molecule has 2 atom stereocenters. The minimum atomic E-state index is -3.06. The largest absolute Gasteiger partial charge is 0.431 e. The lowest BCUT2D eigenvalue weighted by atomic mass is 9.75. The van der Waals surface area contributed by atoms with Crippen LogP contribution in [0.1, 0.15) is 43.7 Å². The monoisotopic (exact) mass is 508 g/mol. The molecule has 6 heterocycles. The molecule has 2 bridgehead atoms. The van der Waals surface area contributed by atoms with E-state index in [1.54, 1.807) is 6.07 Å². The van der Waals surface area contributed by atoms with E-state index in [9.17, 15) is 17.6 Å². The number of nitrogen functional groups attached to an aromatic ring is 1. The summed E-state index contributed by atoms with van der Waals surface area (Å²) in [5, 5.41) is 0. The van der Waals surface area contributed by atoms with Gasteiger partial charge >= 0.3 is 6.61 Å². The Bertz CT molecular complexity index is 1120. The predicted octanol–water partition coefficient (Wildman–Crippen LogP) is 3.68. The predicted molar refractivity (Wildman–Crippen MR) is 123 cm³/mol. The van der Waals surface area contributed by atoms with Gasteiger partial charge in [-0.1, -0.05) is 0 Å². The Hall–Kier alpha value is -2.73. The van der Waals surface area contributed by atoms with Crippen molar-refractivity contribution >= 4 is 11.8 Å². The van der Waals surface area contributed by atoms with Gasteiger partial charge in [0.05, 0.1) is 24.9 Å². The van der Waals surface area contributed by atoms with E-state index in [2.05, 4.69) is 24.6 Å². The quantitative estimate of drug-likeness (QED) is 0.592. The van der Waals surface area contributed by atoms with Crippen molar-refractivity contribution in [2.45, 2.75) is 68.7 Å². The third kappa shape index (κ3) is 4.56. The van der Waals surface area contributed by atoms with Crippen molar-refractivity contribution in [3.8, 4) is 17.0 Å². The summed E-state index contributed by atoms with van der Waals surface area (Å²) in [5.41, 5.74) is 7.25. The first kappa shape index (κ1) is 23.7. The number of nitrogens with zero attached hydrogens (tertiary/aromatic N) is 5. The molecule has 0 aromatic carbocycles. The number of anilines is 2. The third-order valence-electron chi connectivity index (χ3n) is 7.81. The molecule has 0 spiro atoms. The van der Waals surface area contributed by atoms with Gasteiger partial charge in [-0.25, -0.2) is 23.7 Å². The molecule has 2 aromatic heterocycles. The highest BCUT2D eigenvalue weighted by molar-refractivity contribution is 5.65. The lowest BCUT2D eigenvalue weighted by Crippen LogP contribution is -2.60. The standard InChI is InChI=1S/C24H28F4N6O2/c25-22(26)36-20-7-14(9-30-21(20)29)19-8-18(31-23(32-19)33-4-3-24(27,28)12-33)13-5-16(6-13)34-10-17-2-1-15(34)11-35-17/h7-9,13,15-17,22H,1-6,10-12H2,(H2,29,30)/t13-,15-,16+,17-/m0/s1. The fourth-order valence-electron chi connectivity index (χ4n) is 5.77. The number of hydrogen-bond acceptors (Lipinski definition) is 8. The molecule has 194 valence electrons. The summed E-state index contributed by atoms with van der Waals surface area (Å²) in [4.78, 5) is 17.2. The fourth-order valence-corrected chi connectivity index (χ4v) is 5.77. The van der Waals surface area contributed by atoms with Gasteiger partial charge in [0.2, 0.25) is 5.95 Å². The first-order chi connectivity index (χ1) is 17.2. The van der Waals surface area contributed by atoms with Crippen LogP contribution in [-0.4, -0.2) is 76.8 Å². The topological polar surface area (TPSA) is 89.6 Å². The van der Waals surface area contributed by atoms with E-state index in [0.29, 0.717) is 29.4 Å². The van der Waals surface area contributed by atoms with E-state index >= 15 is 0 Å². The van der Waals surface area contributed by atoms with E-state index in [1.165, 1.54) is 17.2 Å². The van der Waals surface area contributed by atoms with Gasteiger partial charge in [-0.3, -0.25) is 4.90 Å². The van der Waals surface area contributed by atoms with Gasteiger partial charge in [-0.2, -0.15) is 8.78 Å². The van der Waals surface area contributed by atoms with Crippen molar-refractivity contribution in [2.24, 2.45) is 0 Å². The molecule has 4 aliphatic heterocycles. The molecule has 0 radical (unpaired) electrons. The van der Waals surface area contributed by atoms with Gasteiger partial charge in [0, 0.05) is 55.0 Å². The van der Waals surface area contributed by atoms with Crippen LogP contribution in [0.5, 0.6) is 5.75 Å². The SMILES string of the molecule is Nc1ncc(-c2cc([C@H]3C[C@@H](N4C[C@@H]5CC[C@H]4CO5)C3)nc(N3CCC(F)(F)C3)n2)cc1OC(F)F. The summed E-state index contributed by atoms with van der Waals surface area (Å²) < 4.78 is 63.9. The Balaban J connectivity index is 1.28. The Kier molecular flexibility index (Phi) is 5.90. The Labute approximate surface area is 205 Å².